The minimum Gasteiger partial charge on any atom is -0.339 e. The van der Waals surface area contributed by atoms with E-state index in [1.807, 2.05) is 39.1 Å². The molecule has 1 aromatic carbocycles. The fraction of sp³-hybridized carbons (Fsp3) is 0.462. The number of amides is 1. The van der Waals surface area contributed by atoms with Crippen molar-refractivity contribution in [1.82, 2.24) is 4.90 Å². The second kappa shape index (κ2) is 4.96. The van der Waals surface area contributed by atoms with Gasteiger partial charge >= 0.3 is 0 Å². The number of hydrogen-bond donors (Lipinski definition) is 0. The van der Waals surface area contributed by atoms with E-state index in [1.165, 1.54) is 5.56 Å². The van der Waals surface area contributed by atoms with Crippen LogP contribution in [-0.2, 0) is 4.79 Å². The van der Waals surface area contributed by atoms with Gasteiger partial charge in [-0.05, 0) is 12.5 Å². The molecule has 0 spiro atoms. The number of nitrogens with zero attached hydrogens (tertiary/aromatic N) is 1. The van der Waals surface area contributed by atoms with E-state index in [2.05, 4.69) is 19.1 Å². The summed E-state index contributed by atoms with van der Waals surface area (Å²) in [6.07, 6.45) is 0. The summed E-state index contributed by atoms with van der Waals surface area (Å²) in [4.78, 5) is 13.6. The van der Waals surface area contributed by atoms with Crippen molar-refractivity contribution in [2.45, 2.75) is 26.8 Å². The van der Waals surface area contributed by atoms with E-state index < -0.39 is 0 Å². The van der Waals surface area contributed by atoms with Crippen LogP contribution in [0, 0.1) is 5.92 Å². The van der Waals surface area contributed by atoms with Crippen LogP contribution in [0.2, 0.25) is 0 Å². The average Bonchev–Trinajstić information content (AvgIpc) is 2.27. The summed E-state index contributed by atoms with van der Waals surface area (Å²) >= 11 is 0. The predicted octanol–water partition coefficient (Wildman–Crippen LogP) is 2.86. The highest BCUT2D eigenvalue weighted by atomic mass is 16.2. The topological polar surface area (TPSA) is 20.3 Å². The van der Waals surface area contributed by atoms with Gasteiger partial charge in [0.15, 0.2) is 0 Å². The minimum atomic E-state index is 0.0566. The summed E-state index contributed by atoms with van der Waals surface area (Å²) in [6, 6.07) is 10.2. The van der Waals surface area contributed by atoms with Crippen molar-refractivity contribution >= 4 is 5.91 Å². The maximum Gasteiger partial charge on any atom is 0.225 e. The normalized spacial score (nSPS) is 12.6. The van der Waals surface area contributed by atoms with Gasteiger partial charge in [0, 0.05) is 13.0 Å². The lowest BCUT2D eigenvalue weighted by atomic mass is 10.1. The van der Waals surface area contributed by atoms with Gasteiger partial charge in [-0.3, -0.25) is 4.79 Å². The van der Waals surface area contributed by atoms with Crippen molar-refractivity contribution in [3.63, 3.8) is 0 Å². The van der Waals surface area contributed by atoms with Gasteiger partial charge in [0.25, 0.3) is 0 Å². The number of rotatable bonds is 3. The Bertz CT molecular complexity index is 319. The monoisotopic (exact) mass is 205 g/mol. The lowest BCUT2D eigenvalue weighted by Crippen LogP contribution is -2.32. The molecule has 0 fully saturated rings. The molecule has 0 unspecified atom stereocenters. The van der Waals surface area contributed by atoms with Gasteiger partial charge in [0.2, 0.25) is 5.91 Å². The Morgan fingerprint density at radius 2 is 1.67 bits per heavy atom. The standard InChI is InChI=1S/C13H19NO/c1-10(2)13(15)14(4)11(3)12-8-6-5-7-9-12/h5-11H,1-4H3/t11-/m1/s1. The first-order chi connectivity index (χ1) is 7.04. The van der Waals surface area contributed by atoms with E-state index in [9.17, 15) is 4.79 Å². The Balaban J connectivity index is 2.77. The first-order valence-corrected chi connectivity index (χ1v) is 5.35. The fourth-order valence-electron chi connectivity index (χ4n) is 1.55. The quantitative estimate of drug-likeness (QED) is 0.743. The van der Waals surface area contributed by atoms with Crippen LogP contribution < -0.4 is 0 Å². The zero-order valence-electron chi connectivity index (χ0n) is 9.90. The maximum absolute atomic E-state index is 11.8. The highest BCUT2D eigenvalue weighted by Crippen LogP contribution is 2.19. The SMILES string of the molecule is CC(C)C(=O)N(C)[C@H](C)c1ccccc1. The largest absolute Gasteiger partial charge is 0.339 e. The molecule has 2 heteroatoms. The summed E-state index contributed by atoms with van der Waals surface area (Å²) in [7, 11) is 1.86. The molecule has 0 bridgehead atoms. The van der Waals surface area contributed by atoms with Crippen LogP contribution in [0.1, 0.15) is 32.4 Å². The summed E-state index contributed by atoms with van der Waals surface area (Å²) in [5.41, 5.74) is 1.18. The molecular formula is C13H19NO. The van der Waals surface area contributed by atoms with Crippen LogP contribution in [0.15, 0.2) is 30.3 Å². The zero-order chi connectivity index (χ0) is 11.4. The summed E-state index contributed by atoms with van der Waals surface area (Å²) < 4.78 is 0. The van der Waals surface area contributed by atoms with Crippen LogP contribution in [-0.4, -0.2) is 17.9 Å². The van der Waals surface area contributed by atoms with Gasteiger partial charge in [-0.2, -0.15) is 0 Å². The molecule has 0 aliphatic carbocycles. The molecule has 0 saturated carbocycles. The number of hydrogen-bond acceptors (Lipinski definition) is 1. The van der Waals surface area contributed by atoms with E-state index >= 15 is 0 Å². The molecular weight excluding hydrogens is 186 g/mol. The van der Waals surface area contributed by atoms with Crippen LogP contribution >= 0.6 is 0 Å². The summed E-state index contributed by atoms with van der Waals surface area (Å²) in [6.45, 7) is 5.91. The molecule has 0 aromatic heterocycles. The van der Waals surface area contributed by atoms with Crippen molar-refractivity contribution < 1.29 is 4.79 Å². The highest BCUT2D eigenvalue weighted by molar-refractivity contribution is 5.78. The van der Waals surface area contributed by atoms with Gasteiger partial charge < -0.3 is 4.90 Å². The first-order valence-electron chi connectivity index (χ1n) is 5.35. The lowest BCUT2D eigenvalue weighted by molar-refractivity contribution is -0.135. The molecule has 0 saturated heterocycles. The van der Waals surface area contributed by atoms with Gasteiger partial charge in [-0.15, -0.1) is 0 Å². The van der Waals surface area contributed by atoms with Gasteiger partial charge in [0.05, 0.1) is 6.04 Å². The lowest BCUT2D eigenvalue weighted by Gasteiger charge is -2.26. The Labute approximate surface area is 91.9 Å². The van der Waals surface area contributed by atoms with Crippen LogP contribution in [0.25, 0.3) is 0 Å². The van der Waals surface area contributed by atoms with Crippen molar-refractivity contribution in [2.75, 3.05) is 7.05 Å². The van der Waals surface area contributed by atoms with Gasteiger partial charge in [0.1, 0.15) is 0 Å². The Morgan fingerprint density at radius 3 is 2.13 bits per heavy atom. The third-order valence-corrected chi connectivity index (χ3v) is 2.70. The second-order valence-corrected chi connectivity index (χ2v) is 4.19. The van der Waals surface area contributed by atoms with Gasteiger partial charge in [-0.1, -0.05) is 44.2 Å². The maximum atomic E-state index is 11.8. The molecule has 0 heterocycles. The second-order valence-electron chi connectivity index (χ2n) is 4.19. The van der Waals surface area contributed by atoms with E-state index in [4.69, 9.17) is 0 Å². The zero-order valence-corrected chi connectivity index (χ0v) is 9.90. The van der Waals surface area contributed by atoms with Crippen LogP contribution in [0.4, 0.5) is 0 Å². The van der Waals surface area contributed by atoms with E-state index in [1.54, 1.807) is 4.90 Å². The highest BCUT2D eigenvalue weighted by Gasteiger charge is 2.19. The molecule has 15 heavy (non-hydrogen) atoms. The van der Waals surface area contributed by atoms with Crippen LogP contribution in [0.5, 0.6) is 0 Å². The Hall–Kier alpha value is -1.31. The molecule has 1 rings (SSSR count). The Morgan fingerprint density at radius 1 is 1.13 bits per heavy atom. The predicted molar refractivity (Wildman–Crippen MR) is 62.5 cm³/mol. The van der Waals surface area contributed by atoms with Crippen LogP contribution in [0.3, 0.4) is 0 Å². The van der Waals surface area contributed by atoms with E-state index in [0.717, 1.165) is 0 Å². The average molecular weight is 205 g/mol. The molecule has 82 valence electrons. The fourth-order valence-corrected chi connectivity index (χ4v) is 1.55. The third-order valence-electron chi connectivity index (χ3n) is 2.70. The molecule has 0 N–H and O–H groups in total. The summed E-state index contributed by atoms with van der Waals surface area (Å²) in [5, 5.41) is 0. The summed E-state index contributed by atoms with van der Waals surface area (Å²) in [5.74, 6) is 0.243. The van der Waals surface area contributed by atoms with Crippen molar-refractivity contribution in [3.8, 4) is 0 Å². The van der Waals surface area contributed by atoms with Crippen molar-refractivity contribution in [3.05, 3.63) is 35.9 Å². The van der Waals surface area contributed by atoms with Crippen molar-refractivity contribution in [2.24, 2.45) is 5.92 Å². The molecule has 1 amide bonds. The molecule has 0 radical (unpaired) electrons. The smallest absolute Gasteiger partial charge is 0.225 e. The minimum absolute atomic E-state index is 0.0566. The van der Waals surface area contributed by atoms with Crippen molar-refractivity contribution in [1.29, 1.82) is 0 Å². The van der Waals surface area contributed by atoms with Gasteiger partial charge in [-0.25, -0.2) is 0 Å². The number of benzene rings is 1. The Kier molecular flexibility index (Phi) is 3.89. The van der Waals surface area contributed by atoms with E-state index in [-0.39, 0.29) is 17.9 Å². The number of carbonyl (C=O) groups is 1. The molecule has 2 nitrogen and oxygen atoms in total. The van der Waals surface area contributed by atoms with E-state index in [0.29, 0.717) is 0 Å². The molecule has 1 aromatic rings. The molecule has 1 atom stereocenters. The first kappa shape index (κ1) is 11.8. The third kappa shape index (κ3) is 2.82. The molecule has 0 aliphatic rings. The number of carbonyl (C=O) groups excluding carboxylic acids is 1. The molecule has 0 aliphatic heterocycles.